The third-order valence-corrected chi connectivity index (χ3v) is 2.37. The second-order valence-corrected chi connectivity index (χ2v) is 3.69. The quantitative estimate of drug-likeness (QED) is 0.689. The molecule has 0 radical (unpaired) electrons. The number of hydrogen-bond acceptors (Lipinski definition) is 4. The summed E-state index contributed by atoms with van der Waals surface area (Å²) in [7, 11) is -3.62. The van der Waals surface area contributed by atoms with E-state index in [1.54, 1.807) is 0 Å². The Balaban J connectivity index is 2.74. The van der Waals surface area contributed by atoms with Gasteiger partial charge in [0.15, 0.2) is 0 Å². The molecule has 6 heteroatoms. The summed E-state index contributed by atoms with van der Waals surface area (Å²) in [5.74, 6) is 0. The lowest BCUT2D eigenvalue weighted by molar-refractivity contribution is 0.312. The molecule has 0 atom stereocenters. The highest BCUT2D eigenvalue weighted by Crippen LogP contribution is 1.98. The molecule has 1 rings (SSSR count). The van der Waals surface area contributed by atoms with Gasteiger partial charge < -0.3 is 0 Å². The Morgan fingerprint density at radius 1 is 1.58 bits per heavy atom. The standard InChI is InChI=1S/C6H10N2O3S/c1-2-5-11-12(9,10)8-4-3-7-6-8/h3-4,6H,2,5H2,1H3. The van der Waals surface area contributed by atoms with Crippen LogP contribution in [0.15, 0.2) is 18.7 Å². The van der Waals surface area contributed by atoms with Gasteiger partial charge in [-0.2, -0.15) is 8.42 Å². The summed E-state index contributed by atoms with van der Waals surface area (Å²) < 4.78 is 27.9. The Labute approximate surface area is 71.2 Å². The molecule has 0 aromatic carbocycles. The number of aromatic nitrogens is 2. The van der Waals surface area contributed by atoms with Gasteiger partial charge >= 0.3 is 10.3 Å². The first kappa shape index (κ1) is 9.21. The summed E-state index contributed by atoms with van der Waals surface area (Å²) >= 11 is 0. The van der Waals surface area contributed by atoms with E-state index in [0.717, 1.165) is 3.97 Å². The van der Waals surface area contributed by atoms with Crippen molar-refractivity contribution in [2.24, 2.45) is 0 Å². The molecule has 12 heavy (non-hydrogen) atoms. The summed E-state index contributed by atoms with van der Waals surface area (Å²) in [4.78, 5) is 3.60. The molecule has 0 spiro atoms. The van der Waals surface area contributed by atoms with Gasteiger partial charge in [0.2, 0.25) is 0 Å². The van der Waals surface area contributed by atoms with Crippen molar-refractivity contribution in [1.82, 2.24) is 8.96 Å². The summed E-state index contributed by atoms with van der Waals surface area (Å²) in [5, 5.41) is 0. The topological polar surface area (TPSA) is 61.2 Å². The fourth-order valence-electron chi connectivity index (χ4n) is 0.629. The lowest BCUT2D eigenvalue weighted by Gasteiger charge is -2.02. The normalized spacial score (nSPS) is 11.8. The van der Waals surface area contributed by atoms with Gasteiger partial charge in [-0.05, 0) is 6.42 Å². The van der Waals surface area contributed by atoms with E-state index in [1.165, 1.54) is 18.7 Å². The van der Waals surface area contributed by atoms with Gasteiger partial charge in [0.25, 0.3) is 0 Å². The molecule has 1 aromatic rings. The van der Waals surface area contributed by atoms with Crippen LogP contribution in [0.1, 0.15) is 13.3 Å². The molecule has 0 aliphatic rings. The Bertz CT molecular complexity index is 317. The van der Waals surface area contributed by atoms with E-state index in [0.29, 0.717) is 6.42 Å². The van der Waals surface area contributed by atoms with Gasteiger partial charge in [-0.25, -0.2) is 8.96 Å². The second kappa shape index (κ2) is 3.68. The average molecular weight is 190 g/mol. The minimum Gasteiger partial charge on any atom is -0.253 e. The van der Waals surface area contributed by atoms with Crippen LogP contribution in [-0.4, -0.2) is 24.0 Å². The molecule has 0 aliphatic carbocycles. The zero-order chi connectivity index (χ0) is 9.03. The third kappa shape index (κ3) is 2.05. The van der Waals surface area contributed by atoms with Crippen LogP contribution in [0.2, 0.25) is 0 Å². The van der Waals surface area contributed by atoms with Crippen LogP contribution in [0.4, 0.5) is 0 Å². The van der Waals surface area contributed by atoms with Crippen molar-refractivity contribution in [2.75, 3.05) is 6.61 Å². The Hall–Kier alpha value is -0.880. The van der Waals surface area contributed by atoms with Crippen LogP contribution in [-0.2, 0) is 14.5 Å². The highest BCUT2D eigenvalue weighted by atomic mass is 32.2. The number of nitrogens with zero attached hydrogens (tertiary/aromatic N) is 2. The third-order valence-electron chi connectivity index (χ3n) is 1.17. The summed E-state index contributed by atoms with van der Waals surface area (Å²) in [6.45, 7) is 2.03. The predicted molar refractivity (Wildman–Crippen MR) is 42.8 cm³/mol. The molecule has 1 aromatic heterocycles. The van der Waals surface area contributed by atoms with E-state index in [4.69, 9.17) is 0 Å². The van der Waals surface area contributed by atoms with Crippen LogP contribution < -0.4 is 0 Å². The van der Waals surface area contributed by atoms with Crippen LogP contribution >= 0.6 is 0 Å². The van der Waals surface area contributed by atoms with E-state index < -0.39 is 10.3 Å². The Morgan fingerprint density at radius 3 is 2.83 bits per heavy atom. The molecule has 0 amide bonds. The molecular formula is C6H10N2O3S. The average Bonchev–Trinajstić information content (AvgIpc) is 2.53. The largest absolute Gasteiger partial charge is 0.367 e. The fourth-order valence-corrected chi connectivity index (χ4v) is 1.50. The van der Waals surface area contributed by atoms with E-state index in [2.05, 4.69) is 9.17 Å². The highest BCUT2D eigenvalue weighted by Gasteiger charge is 2.11. The maximum Gasteiger partial charge on any atom is 0.367 e. The lowest BCUT2D eigenvalue weighted by atomic mass is 10.5. The summed E-state index contributed by atoms with van der Waals surface area (Å²) in [5.41, 5.74) is 0. The van der Waals surface area contributed by atoms with Crippen molar-refractivity contribution < 1.29 is 12.6 Å². The molecule has 0 saturated carbocycles. The molecule has 0 N–H and O–H groups in total. The van der Waals surface area contributed by atoms with Crippen molar-refractivity contribution in [2.45, 2.75) is 13.3 Å². The fraction of sp³-hybridized carbons (Fsp3) is 0.500. The van der Waals surface area contributed by atoms with Crippen LogP contribution in [0, 0.1) is 0 Å². The van der Waals surface area contributed by atoms with Crippen molar-refractivity contribution in [1.29, 1.82) is 0 Å². The molecule has 0 fully saturated rings. The molecule has 68 valence electrons. The number of imidazole rings is 1. The van der Waals surface area contributed by atoms with E-state index in [-0.39, 0.29) is 6.61 Å². The summed E-state index contributed by atoms with van der Waals surface area (Å²) in [6, 6.07) is 0. The first-order valence-corrected chi connectivity index (χ1v) is 4.91. The van der Waals surface area contributed by atoms with Crippen LogP contribution in [0.25, 0.3) is 0 Å². The maximum absolute atomic E-state index is 11.2. The molecule has 1 heterocycles. The molecule has 0 unspecified atom stereocenters. The van der Waals surface area contributed by atoms with Gasteiger partial charge in [0.05, 0.1) is 6.61 Å². The lowest BCUT2D eigenvalue weighted by Crippen LogP contribution is -2.14. The molecule has 0 saturated heterocycles. The van der Waals surface area contributed by atoms with Gasteiger partial charge in [-0.15, -0.1) is 0 Å². The minimum atomic E-state index is -3.62. The number of hydrogen-bond donors (Lipinski definition) is 0. The predicted octanol–water partition coefficient (Wildman–Crippen LogP) is 0.403. The highest BCUT2D eigenvalue weighted by molar-refractivity contribution is 7.85. The zero-order valence-corrected chi connectivity index (χ0v) is 7.49. The first-order valence-electron chi connectivity index (χ1n) is 3.54. The Morgan fingerprint density at radius 2 is 2.33 bits per heavy atom. The SMILES string of the molecule is CCCOS(=O)(=O)n1ccnc1. The van der Waals surface area contributed by atoms with Crippen molar-refractivity contribution in [3.05, 3.63) is 18.7 Å². The van der Waals surface area contributed by atoms with Gasteiger partial charge in [0, 0.05) is 12.4 Å². The second-order valence-electron chi connectivity index (χ2n) is 2.17. The molecule has 0 aliphatic heterocycles. The van der Waals surface area contributed by atoms with Gasteiger partial charge in [0.1, 0.15) is 6.33 Å². The van der Waals surface area contributed by atoms with E-state index in [1.807, 2.05) is 6.92 Å². The first-order chi connectivity index (χ1) is 5.67. The van der Waals surface area contributed by atoms with Gasteiger partial charge in [-0.1, -0.05) is 6.92 Å². The molecule has 5 nitrogen and oxygen atoms in total. The Kier molecular flexibility index (Phi) is 2.83. The van der Waals surface area contributed by atoms with Crippen molar-refractivity contribution in [3.8, 4) is 0 Å². The zero-order valence-electron chi connectivity index (χ0n) is 6.67. The van der Waals surface area contributed by atoms with Crippen LogP contribution in [0.3, 0.4) is 0 Å². The maximum atomic E-state index is 11.2. The monoisotopic (exact) mass is 190 g/mol. The van der Waals surface area contributed by atoms with Crippen molar-refractivity contribution in [3.63, 3.8) is 0 Å². The van der Waals surface area contributed by atoms with E-state index in [9.17, 15) is 8.42 Å². The smallest absolute Gasteiger partial charge is 0.253 e. The molecule has 0 bridgehead atoms. The van der Waals surface area contributed by atoms with E-state index >= 15 is 0 Å². The van der Waals surface area contributed by atoms with Gasteiger partial charge in [-0.3, -0.25) is 4.18 Å². The molecular weight excluding hydrogens is 180 g/mol. The number of rotatable bonds is 4. The minimum absolute atomic E-state index is 0.195. The summed E-state index contributed by atoms with van der Waals surface area (Å²) in [6.07, 6.45) is 4.55. The van der Waals surface area contributed by atoms with Crippen LogP contribution in [0.5, 0.6) is 0 Å². The van der Waals surface area contributed by atoms with Crippen molar-refractivity contribution >= 4 is 10.3 Å².